The van der Waals surface area contributed by atoms with Crippen LogP contribution in [0.3, 0.4) is 0 Å². The average Bonchev–Trinajstić information content (AvgIpc) is 2.80. The van der Waals surface area contributed by atoms with E-state index < -0.39 is 19.1 Å². The summed E-state index contributed by atoms with van der Waals surface area (Å²) in [5.41, 5.74) is 5.81. The van der Waals surface area contributed by atoms with E-state index in [-0.39, 0.29) is 19.1 Å². The third kappa shape index (κ3) is 6.55. The lowest BCUT2D eigenvalue weighted by molar-refractivity contribution is 0.0171. The Bertz CT molecular complexity index is 361. The molecule has 1 unspecified atom stereocenters. The van der Waals surface area contributed by atoms with Gasteiger partial charge in [0.25, 0.3) is 6.43 Å². The number of nitrogens with zero attached hydrogens (tertiary/aromatic N) is 2. The Morgan fingerprint density at radius 1 is 1.32 bits per heavy atom. The Hall–Kier alpha value is -1.12. The largest absolute Gasteiger partial charge is 0.377 e. The molecule has 1 heterocycles. The molecule has 1 aromatic heterocycles. The molecule has 8 heteroatoms. The molecule has 1 aromatic rings. The molecule has 0 amide bonds. The van der Waals surface area contributed by atoms with Crippen LogP contribution in [0.5, 0.6) is 0 Å². The van der Waals surface area contributed by atoms with Crippen molar-refractivity contribution in [3.63, 3.8) is 0 Å². The fraction of sp³-hybridized carbons (Fsp3) is 0.818. The lowest BCUT2D eigenvalue weighted by Gasteiger charge is -2.10. The smallest absolute Gasteiger partial charge is 0.261 e. The van der Waals surface area contributed by atoms with Crippen LogP contribution in [-0.2, 0) is 15.9 Å². The van der Waals surface area contributed by atoms with Crippen LogP contribution < -0.4 is 5.73 Å². The quantitative estimate of drug-likeness (QED) is 0.686. The lowest BCUT2D eigenvalue weighted by atomic mass is 10.3. The molecule has 0 saturated heterocycles. The van der Waals surface area contributed by atoms with Crippen LogP contribution in [0, 0.1) is 0 Å². The summed E-state index contributed by atoms with van der Waals surface area (Å²) in [6.07, 6.45) is -2.13. The van der Waals surface area contributed by atoms with Crippen molar-refractivity contribution < 1.29 is 22.8 Å². The third-order valence-corrected chi connectivity index (χ3v) is 2.13. The molecule has 0 saturated carbocycles. The van der Waals surface area contributed by atoms with E-state index >= 15 is 0 Å². The minimum Gasteiger partial charge on any atom is -0.377 e. The molecule has 0 spiro atoms. The summed E-state index contributed by atoms with van der Waals surface area (Å²) in [6, 6.07) is -0.470. The Morgan fingerprint density at radius 2 is 2.05 bits per heavy atom. The first-order valence-electron chi connectivity index (χ1n) is 6.04. The Labute approximate surface area is 110 Å². The van der Waals surface area contributed by atoms with E-state index in [9.17, 15) is 8.78 Å². The molecule has 0 aliphatic heterocycles. The monoisotopic (exact) mass is 279 g/mol. The molecule has 19 heavy (non-hydrogen) atoms. The van der Waals surface area contributed by atoms with E-state index in [1.807, 2.05) is 13.8 Å². The highest BCUT2D eigenvalue weighted by Crippen LogP contribution is 2.08. The Morgan fingerprint density at radius 3 is 2.68 bits per heavy atom. The molecule has 0 aliphatic carbocycles. The minimum absolute atomic E-state index is 0.0696. The number of hydrogen-bond acceptors (Lipinski definition) is 6. The molecule has 0 aliphatic rings. The van der Waals surface area contributed by atoms with Crippen molar-refractivity contribution in [2.75, 3.05) is 19.8 Å². The van der Waals surface area contributed by atoms with Gasteiger partial charge in [-0.1, -0.05) is 5.16 Å². The van der Waals surface area contributed by atoms with Gasteiger partial charge in [-0.25, -0.2) is 8.78 Å². The maximum Gasteiger partial charge on any atom is 0.261 e. The summed E-state index contributed by atoms with van der Waals surface area (Å²) >= 11 is 0. The molecule has 1 rings (SSSR count). The van der Waals surface area contributed by atoms with Gasteiger partial charge in [0.2, 0.25) is 5.89 Å². The number of hydrogen-bond donors (Lipinski definition) is 1. The van der Waals surface area contributed by atoms with Crippen molar-refractivity contribution in [2.24, 2.45) is 5.73 Å². The minimum atomic E-state index is -2.47. The number of halogens is 2. The van der Waals surface area contributed by atoms with E-state index in [4.69, 9.17) is 19.7 Å². The zero-order valence-corrected chi connectivity index (χ0v) is 11.0. The highest BCUT2D eigenvalue weighted by atomic mass is 19.3. The summed E-state index contributed by atoms with van der Waals surface area (Å²) in [5.74, 6) is 0.647. The summed E-state index contributed by atoms with van der Waals surface area (Å²) in [4.78, 5) is 4.05. The van der Waals surface area contributed by atoms with E-state index in [2.05, 4.69) is 10.1 Å². The fourth-order valence-corrected chi connectivity index (χ4v) is 1.22. The number of aromatic nitrogens is 2. The van der Waals surface area contributed by atoms with Crippen LogP contribution in [-0.4, -0.2) is 42.5 Å². The lowest BCUT2D eigenvalue weighted by Crippen LogP contribution is -2.20. The maximum absolute atomic E-state index is 11.8. The Balaban J connectivity index is 2.31. The molecular weight excluding hydrogens is 260 g/mol. The second-order valence-corrected chi connectivity index (χ2v) is 4.25. The van der Waals surface area contributed by atoms with Gasteiger partial charge in [0.05, 0.1) is 31.8 Å². The standard InChI is InChI=1S/C11H19F2N3O3/c1-7(2)18-5-8(14)11-15-10(19-16-11)3-4-17-6-9(12)13/h7-9H,3-6,14H2,1-2H3. The average molecular weight is 279 g/mol. The summed E-state index contributed by atoms with van der Waals surface area (Å²) in [5, 5.41) is 3.71. The van der Waals surface area contributed by atoms with Crippen molar-refractivity contribution in [1.29, 1.82) is 0 Å². The van der Waals surface area contributed by atoms with Crippen molar-refractivity contribution in [2.45, 2.75) is 38.8 Å². The molecule has 110 valence electrons. The molecule has 6 nitrogen and oxygen atoms in total. The Kier molecular flexibility index (Phi) is 6.82. The van der Waals surface area contributed by atoms with E-state index in [0.29, 0.717) is 18.3 Å². The topological polar surface area (TPSA) is 83.4 Å². The predicted molar refractivity (Wildman–Crippen MR) is 62.8 cm³/mol. The van der Waals surface area contributed by atoms with E-state index in [1.54, 1.807) is 0 Å². The van der Waals surface area contributed by atoms with Gasteiger partial charge in [0, 0.05) is 0 Å². The van der Waals surface area contributed by atoms with Crippen LogP contribution in [0.4, 0.5) is 8.78 Å². The summed E-state index contributed by atoms with van der Waals surface area (Å²) in [7, 11) is 0. The zero-order valence-electron chi connectivity index (χ0n) is 11.0. The molecule has 1 atom stereocenters. The highest BCUT2D eigenvalue weighted by molar-refractivity contribution is 4.93. The second kappa shape index (κ2) is 8.13. The predicted octanol–water partition coefficient (Wildman–Crippen LogP) is 1.32. The first-order valence-corrected chi connectivity index (χ1v) is 6.04. The van der Waals surface area contributed by atoms with Crippen molar-refractivity contribution in [3.05, 3.63) is 11.7 Å². The molecule has 0 radical (unpaired) electrons. The SMILES string of the molecule is CC(C)OCC(N)c1noc(CCOCC(F)F)n1. The maximum atomic E-state index is 11.8. The number of ether oxygens (including phenoxy) is 2. The molecule has 0 aromatic carbocycles. The van der Waals surface area contributed by atoms with Crippen LogP contribution >= 0.6 is 0 Å². The number of nitrogens with two attached hydrogens (primary N) is 1. The normalized spacial score (nSPS) is 13.4. The van der Waals surface area contributed by atoms with Gasteiger partial charge >= 0.3 is 0 Å². The van der Waals surface area contributed by atoms with E-state index in [0.717, 1.165) is 0 Å². The van der Waals surface area contributed by atoms with Gasteiger partial charge in [-0.3, -0.25) is 0 Å². The molecule has 0 fully saturated rings. The zero-order chi connectivity index (χ0) is 14.3. The molecular formula is C11H19F2N3O3. The van der Waals surface area contributed by atoms with Crippen molar-refractivity contribution in [1.82, 2.24) is 10.1 Å². The molecule has 2 N–H and O–H groups in total. The van der Waals surface area contributed by atoms with Crippen molar-refractivity contribution in [3.8, 4) is 0 Å². The first kappa shape index (κ1) is 15.9. The van der Waals surface area contributed by atoms with Gasteiger partial charge in [-0.2, -0.15) is 4.98 Å². The van der Waals surface area contributed by atoms with Crippen LogP contribution in [0.2, 0.25) is 0 Å². The number of alkyl halides is 2. The van der Waals surface area contributed by atoms with Crippen LogP contribution in [0.15, 0.2) is 4.52 Å². The number of rotatable bonds is 9. The van der Waals surface area contributed by atoms with E-state index in [1.165, 1.54) is 0 Å². The van der Waals surface area contributed by atoms with Gasteiger partial charge in [0.1, 0.15) is 6.61 Å². The van der Waals surface area contributed by atoms with Crippen LogP contribution in [0.25, 0.3) is 0 Å². The van der Waals surface area contributed by atoms with Gasteiger partial charge in [-0.05, 0) is 13.8 Å². The second-order valence-electron chi connectivity index (χ2n) is 4.25. The highest BCUT2D eigenvalue weighted by Gasteiger charge is 2.15. The first-order chi connectivity index (χ1) is 8.99. The molecule has 0 bridgehead atoms. The van der Waals surface area contributed by atoms with Crippen LogP contribution in [0.1, 0.15) is 31.6 Å². The summed E-state index contributed by atoms with van der Waals surface area (Å²) < 4.78 is 38.6. The van der Waals surface area contributed by atoms with Gasteiger partial charge in [0.15, 0.2) is 5.82 Å². The third-order valence-electron chi connectivity index (χ3n) is 2.13. The summed E-state index contributed by atoms with van der Waals surface area (Å²) in [6.45, 7) is 3.59. The van der Waals surface area contributed by atoms with Crippen molar-refractivity contribution >= 4 is 0 Å². The van der Waals surface area contributed by atoms with Gasteiger partial charge < -0.3 is 19.7 Å². The fourth-order valence-electron chi connectivity index (χ4n) is 1.22. The van der Waals surface area contributed by atoms with Gasteiger partial charge in [-0.15, -0.1) is 0 Å².